The van der Waals surface area contributed by atoms with E-state index in [-0.39, 0.29) is 11.8 Å². The standard InChI is InChI=1S/C19H20N6O2/c26-18(14-5-8-21-22-12-14)20-11-13-6-9-25(10-7-13)19(27)17-23-15-3-1-2-4-16(15)24-17/h1-5,8,12-13H,6-7,9-11H2,(H,20,26)(H,23,24). The third-order valence-electron chi connectivity index (χ3n) is 4.89. The zero-order valence-corrected chi connectivity index (χ0v) is 14.8. The number of likely N-dealkylation sites (tertiary alicyclic amines) is 1. The third kappa shape index (κ3) is 3.79. The van der Waals surface area contributed by atoms with E-state index in [1.165, 1.54) is 12.4 Å². The minimum absolute atomic E-state index is 0.0726. The molecule has 0 aliphatic carbocycles. The molecule has 0 atom stereocenters. The first-order valence-electron chi connectivity index (χ1n) is 8.99. The number of aromatic amines is 1. The van der Waals surface area contributed by atoms with Crippen LogP contribution < -0.4 is 5.32 Å². The van der Waals surface area contributed by atoms with Crippen LogP contribution in [0.15, 0.2) is 42.7 Å². The van der Waals surface area contributed by atoms with E-state index in [1.54, 1.807) is 6.07 Å². The SMILES string of the molecule is O=C(NCC1CCN(C(=O)c2nc3ccccc3[nH]2)CC1)c1ccnnc1. The maximum absolute atomic E-state index is 12.7. The van der Waals surface area contributed by atoms with Crippen molar-refractivity contribution in [2.24, 2.45) is 5.92 Å². The van der Waals surface area contributed by atoms with Gasteiger partial charge in [0.25, 0.3) is 11.8 Å². The molecule has 27 heavy (non-hydrogen) atoms. The molecule has 8 nitrogen and oxygen atoms in total. The van der Waals surface area contributed by atoms with Crippen LogP contribution in [-0.4, -0.2) is 56.5 Å². The van der Waals surface area contributed by atoms with Crippen LogP contribution in [0.25, 0.3) is 11.0 Å². The van der Waals surface area contributed by atoms with Crippen LogP contribution in [0.3, 0.4) is 0 Å². The van der Waals surface area contributed by atoms with Crippen LogP contribution in [0, 0.1) is 5.92 Å². The van der Waals surface area contributed by atoms with Crippen molar-refractivity contribution in [2.75, 3.05) is 19.6 Å². The fourth-order valence-electron chi connectivity index (χ4n) is 3.31. The minimum atomic E-state index is -0.148. The molecule has 3 aromatic rings. The number of fused-ring (bicyclic) bond motifs is 1. The van der Waals surface area contributed by atoms with Gasteiger partial charge in [-0.05, 0) is 37.0 Å². The monoisotopic (exact) mass is 364 g/mol. The number of rotatable bonds is 4. The minimum Gasteiger partial charge on any atom is -0.352 e. The normalized spacial score (nSPS) is 15.0. The van der Waals surface area contributed by atoms with Gasteiger partial charge in [0.05, 0.1) is 29.0 Å². The van der Waals surface area contributed by atoms with E-state index < -0.39 is 0 Å². The number of benzene rings is 1. The largest absolute Gasteiger partial charge is 0.352 e. The summed E-state index contributed by atoms with van der Waals surface area (Å²) in [6, 6.07) is 9.24. The Labute approximate surface area is 156 Å². The summed E-state index contributed by atoms with van der Waals surface area (Å²) in [5, 5.41) is 10.3. The lowest BCUT2D eigenvalue weighted by molar-refractivity contribution is 0.0674. The summed E-state index contributed by atoms with van der Waals surface area (Å²) in [6.45, 7) is 1.91. The quantitative estimate of drug-likeness (QED) is 0.732. The molecular formula is C19H20N6O2. The number of aromatic nitrogens is 4. The molecule has 1 saturated heterocycles. The molecular weight excluding hydrogens is 344 g/mol. The molecule has 8 heteroatoms. The van der Waals surface area contributed by atoms with E-state index in [2.05, 4.69) is 25.5 Å². The number of carbonyl (C=O) groups is 2. The number of imidazole rings is 1. The van der Waals surface area contributed by atoms with Crippen molar-refractivity contribution < 1.29 is 9.59 Å². The first-order chi connectivity index (χ1) is 13.2. The van der Waals surface area contributed by atoms with Crippen LogP contribution in [0.1, 0.15) is 33.8 Å². The Morgan fingerprint density at radius 1 is 1.15 bits per heavy atom. The van der Waals surface area contributed by atoms with E-state index in [1.807, 2.05) is 29.2 Å². The molecule has 2 aromatic heterocycles. The highest BCUT2D eigenvalue weighted by Gasteiger charge is 2.25. The fourth-order valence-corrected chi connectivity index (χ4v) is 3.31. The molecule has 2 amide bonds. The lowest BCUT2D eigenvalue weighted by Gasteiger charge is -2.31. The molecule has 3 heterocycles. The maximum Gasteiger partial charge on any atom is 0.289 e. The van der Waals surface area contributed by atoms with Crippen molar-refractivity contribution in [1.29, 1.82) is 0 Å². The van der Waals surface area contributed by atoms with Gasteiger partial charge in [0, 0.05) is 19.6 Å². The summed E-state index contributed by atoms with van der Waals surface area (Å²) in [5.41, 5.74) is 2.16. The summed E-state index contributed by atoms with van der Waals surface area (Å²) in [5.74, 6) is 0.513. The summed E-state index contributed by atoms with van der Waals surface area (Å²) in [6.07, 6.45) is 4.64. The lowest BCUT2D eigenvalue weighted by atomic mass is 9.96. The van der Waals surface area contributed by atoms with Gasteiger partial charge in [-0.2, -0.15) is 10.2 Å². The van der Waals surface area contributed by atoms with Crippen molar-refractivity contribution in [3.05, 3.63) is 54.1 Å². The summed E-state index contributed by atoms with van der Waals surface area (Å²) in [4.78, 5) is 34.1. The van der Waals surface area contributed by atoms with Crippen LogP contribution >= 0.6 is 0 Å². The van der Waals surface area contributed by atoms with Crippen molar-refractivity contribution in [2.45, 2.75) is 12.8 Å². The number of hydrogen-bond donors (Lipinski definition) is 2. The fraction of sp³-hybridized carbons (Fsp3) is 0.316. The van der Waals surface area contributed by atoms with Gasteiger partial charge in [-0.1, -0.05) is 12.1 Å². The zero-order chi connectivity index (χ0) is 18.6. The smallest absolute Gasteiger partial charge is 0.289 e. The Morgan fingerprint density at radius 3 is 2.70 bits per heavy atom. The second-order valence-corrected chi connectivity index (χ2v) is 6.68. The van der Waals surface area contributed by atoms with Crippen molar-refractivity contribution >= 4 is 22.8 Å². The number of H-pyrrole nitrogens is 1. The van der Waals surface area contributed by atoms with E-state index in [0.717, 1.165) is 23.9 Å². The topological polar surface area (TPSA) is 104 Å². The van der Waals surface area contributed by atoms with Gasteiger partial charge >= 0.3 is 0 Å². The van der Waals surface area contributed by atoms with E-state index in [9.17, 15) is 9.59 Å². The van der Waals surface area contributed by atoms with Crippen molar-refractivity contribution in [3.63, 3.8) is 0 Å². The zero-order valence-electron chi connectivity index (χ0n) is 14.8. The summed E-state index contributed by atoms with van der Waals surface area (Å²) >= 11 is 0. The Balaban J connectivity index is 1.29. The number of amides is 2. The molecule has 0 saturated carbocycles. The second-order valence-electron chi connectivity index (χ2n) is 6.68. The van der Waals surface area contributed by atoms with Crippen LogP contribution in [0.2, 0.25) is 0 Å². The molecule has 0 radical (unpaired) electrons. The van der Waals surface area contributed by atoms with Gasteiger partial charge in [-0.25, -0.2) is 4.98 Å². The molecule has 1 fully saturated rings. The first-order valence-corrected chi connectivity index (χ1v) is 8.99. The van der Waals surface area contributed by atoms with Gasteiger partial charge < -0.3 is 15.2 Å². The average Bonchev–Trinajstić information content (AvgIpc) is 3.17. The first kappa shape index (κ1) is 17.1. The van der Waals surface area contributed by atoms with E-state index in [0.29, 0.717) is 36.9 Å². The molecule has 1 aromatic carbocycles. The van der Waals surface area contributed by atoms with E-state index >= 15 is 0 Å². The number of carbonyl (C=O) groups excluding carboxylic acids is 2. The van der Waals surface area contributed by atoms with Gasteiger partial charge in [-0.15, -0.1) is 0 Å². The van der Waals surface area contributed by atoms with Gasteiger partial charge in [0.15, 0.2) is 5.82 Å². The van der Waals surface area contributed by atoms with Gasteiger partial charge in [0.1, 0.15) is 0 Å². The highest BCUT2D eigenvalue weighted by molar-refractivity contribution is 5.94. The van der Waals surface area contributed by atoms with Crippen LogP contribution in [0.4, 0.5) is 0 Å². The number of para-hydroxylation sites is 2. The molecule has 2 N–H and O–H groups in total. The number of nitrogens with zero attached hydrogens (tertiary/aromatic N) is 4. The Morgan fingerprint density at radius 2 is 1.96 bits per heavy atom. The van der Waals surface area contributed by atoms with Crippen LogP contribution in [-0.2, 0) is 0 Å². The van der Waals surface area contributed by atoms with Gasteiger partial charge in [-0.3, -0.25) is 9.59 Å². The Hall–Kier alpha value is -3.29. The molecule has 1 aliphatic rings. The number of piperidine rings is 1. The Bertz CT molecular complexity index is 914. The predicted octanol–water partition coefficient (Wildman–Crippen LogP) is 1.64. The second kappa shape index (κ2) is 7.53. The van der Waals surface area contributed by atoms with E-state index in [4.69, 9.17) is 0 Å². The maximum atomic E-state index is 12.7. The number of nitrogens with one attached hydrogen (secondary N) is 2. The molecule has 0 unspecified atom stereocenters. The molecule has 4 rings (SSSR count). The molecule has 1 aliphatic heterocycles. The average molecular weight is 364 g/mol. The molecule has 0 spiro atoms. The highest BCUT2D eigenvalue weighted by Crippen LogP contribution is 2.19. The lowest BCUT2D eigenvalue weighted by Crippen LogP contribution is -2.41. The summed E-state index contributed by atoms with van der Waals surface area (Å²) in [7, 11) is 0. The van der Waals surface area contributed by atoms with Crippen LogP contribution in [0.5, 0.6) is 0 Å². The van der Waals surface area contributed by atoms with Crippen molar-refractivity contribution in [3.8, 4) is 0 Å². The summed E-state index contributed by atoms with van der Waals surface area (Å²) < 4.78 is 0. The molecule has 0 bridgehead atoms. The Kier molecular flexibility index (Phi) is 4.78. The van der Waals surface area contributed by atoms with Crippen molar-refractivity contribution in [1.82, 2.24) is 30.4 Å². The number of hydrogen-bond acceptors (Lipinski definition) is 5. The molecule has 138 valence electrons. The predicted molar refractivity (Wildman–Crippen MR) is 99.1 cm³/mol. The highest BCUT2D eigenvalue weighted by atomic mass is 16.2. The third-order valence-corrected chi connectivity index (χ3v) is 4.89. The van der Waals surface area contributed by atoms with Gasteiger partial charge in [0.2, 0.25) is 0 Å².